The summed E-state index contributed by atoms with van der Waals surface area (Å²) in [5, 5.41) is 2.74. The van der Waals surface area contributed by atoms with E-state index < -0.39 is 6.09 Å². The van der Waals surface area contributed by atoms with Crippen LogP contribution >= 0.6 is 0 Å². The number of carbonyl (C=O) groups excluding carboxylic acids is 2. The van der Waals surface area contributed by atoms with Crippen molar-refractivity contribution in [2.45, 2.75) is 39.2 Å². The quantitative estimate of drug-likeness (QED) is 0.741. The van der Waals surface area contributed by atoms with Crippen LogP contribution in [0.2, 0.25) is 0 Å². The Hall–Kier alpha value is -2.10. The molecule has 0 unspecified atom stereocenters. The van der Waals surface area contributed by atoms with E-state index in [1.165, 1.54) is 0 Å². The molecule has 1 atom stereocenters. The van der Waals surface area contributed by atoms with Crippen molar-refractivity contribution < 1.29 is 14.3 Å². The van der Waals surface area contributed by atoms with Gasteiger partial charge in [0, 0.05) is 6.42 Å². The number of benzene rings is 1. The van der Waals surface area contributed by atoms with Gasteiger partial charge in [0.25, 0.3) is 0 Å². The average molecular weight is 289 g/mol. The van der Waals surface area contributed by atoms with Gasteiger partial charge in [-0.2, -0.15) is 0 Å². The van der Waals surface area contributed by atoms with Gasteiger partial charge in [-0.1, -0.05) is 49.8 Å². The summed E-state index contributed by atoms with van der Waals surface area (Å²) >= 11 is 0. The Morgan fingerprint density at radius 1 is 1.24 bits per heavy atom. The Balaban J connectivity index is 2.73. The van der Waals surface area contributed by atoms with Crippen LogP contribution in [0.1, 0.15) is 44.7 Å². The minimum Gasteiger partial charge on any atom is -0.450 e. The topological polar surface area (TPSA) is 55.4 Å². The van der Waals surface area contributed by atoms with Gasteiger partial charge in [-0.15, -0.1) is 0 Å². The molecule has 21 heavy (non-hydrogen) atoms. The number of allylic oxidation sites excluding steroid dienone is 2. The van der Waals surface area contributed by atoms with Crippen molar-refractivity contribution >= 4 is 11.9 Å². The Morgan fingerprint density at radius 3 is 2.57 bits per heavy atom. The smallest absolute Gasteiger partial charge is 0.407 e. The molecule has 1 N–H and O–H groups in total. The maximum Gasteiger partial charge on any atom is 0.407 e. The number of amides is 1. The minimum atomic E-state index is -0.503. The van der Waals surface area contributed by atoms with E-state index in [1.54, 1.807) is 13.0 Å². The first-order valence-corrected chi connectivity index (χ1v) is 7.35. The predicted molar refractivity (Wildman–Crippen MR) is 83.0 cm³/mol. The Morgan fingerprint density at radius 2 is 1.95 bits per heavy atom. The van der Waals surface area contributed by atoms with Crippen molar-refractivity contribution in [3.8, 4) is 0 Å². The van der Waals surface area contributed by atoms with Gasteiger partial charge in [-0.3, -0.25) is 4.79 Å². The fraction of sp³-hybridized carbons (Fsp3) is 0.412. The molecule has 0 aliphatic heterocycles. The monoisotopic (exact) mass is 289 g/mol. The molecular formula is C17H23NO3. The molecular weight excluding hydrogens is 266 g/mol. The van der Waals surface area contributed by atoms with E-state index in [4.69, 9.17) is 4.74 Å². The molecule has 0 heterocycles. The molecule has 4 nitrogen and oxygen atoms in total. The van der Waals surface area contributed by atoms with Crippen LogP contribution in [-0.4, -0.2) is 18.5 Å². The van der Waals surface area contributed by atoms with Crippen LogP contribution in [0.25, 0.3) is 0 Å². The second kappa shape index (κ2) is 9.75. The lowest BCUT2D eigenvalue weighted by Gasteiger charge is -2.17. The van der Waals surface area contributed by atoms with E-state index in [-0.39, 0.29) is 18.2 Å². The van der Waals surface area contributed by atoms with Gasteiger partial charge in [0.15, 0.2) is 5.78 Å². The fourth-order valence-corrected chi connectivity index (χ4v) is 1.90. The van der Waals surface area contributed by atoms with Crippen molar-refractivity contribution in [2.75, 3.05) is 6.61 Å². The highest BCUT2D eigenvalue weighted by molar-refractivity contribution is 5.90. The molecule has 0 bridgehead atoms. The highest BCUT2D eigenvalue weighted by Gasteiger charge is 2.17. The lowest BCUT2D eigenvalue weighted by molar-refractivity contribution is -0.115. The third kappa shape index (κ3) is 6.75. The van der Waals surface area contributed by atoms with Gasteiger partial charge < -0.3 is 10.1 Å². The molecule has 0 aliphatic rings. The van der Waals surface area contributed by atoms with Crippen LogP contribution in [0.5, 0.6) is 0 Å². The lowest BCUT2D eigenvalue weighted by Crippen LogP contribution is -2.30. The van der Waals surface area contributed by atoms with Gasteiger partial charge in [0.1, 0.15) is 0 Å². The first-order valence-electron chi connectivity index (χ1n) is 7.35. The van der Waals surface area contributed by atoms with Crippen molar-refractivity contribution in [1.29, 1.82) is 0 Å². The molecule has 0 radical (unpaired) electrons. The number of carbonyl (C=O) groups is 2. The number of rotatable bonds is 8. The van der Waals surface area contributed by atoms with Crippen LogP contribution in [0.15, 0.2) is 42.5 Å². The molecule has 0 saturated heterocycles. The number of nitrogens with one attached hydrogen (secondary N) is 1. The van der Waals surface area contributed by atoms with E-state index >= 15 is 0 Å². The molecule has 114 valence electrons. The van der Waals surface area contributed by atoms with E-state index in [2.05, 4.69) is 12.2 Å². The summed E-state index contributed by atoms with van der Waals surface area (Å²) in [6.45, 7) is 4.11. The molecule has 1 aromatic rings. The highest BCUT2D eigenvalue weighted by atomic mass is 16.5. The molecule has 1 aromatic carbocycles. The summed E-state index contributed by atoms with van der Waals surface area (Å²) in [5.74, 6) is -0.00546. The highest BCUT2D eigenvalue weighted by Crippen LogP contribution is 2.17. The van der Waals surface area contributed by atoms with E-state index in [0.717, 1.165) is 18.4 Å². The zero-order valence-corrected chi connectivity index (χ0v) is 12.7. The van der Waals surface area contributed by atoms with Crippen LogP contribution in [0.4, 0.5) is 4.79 Å². The normalized spacial score (nSPS) is 12.1. The predicted octanol–water partition coefficient (Wildman–Crippen LogP) is 3.79. The first kappa shape index (κ1) is 17.0. The average Bonchev–Trinajstić information content (AvgIpc) is 2.48. The zero-order chi connectivity index (χ0) is 15.5. The molecule has 0 aromatic heterocycles. The van der Waals surface area contributed by atoms with Crippen LogP contribution in [0.3, 0.4) is 0 Å². The number of hydrogen-bond acceptors (Lipinski definition) is 3. The van der Waals surface area contributed by atoms with Gasteiger partial charge in [0.05, 0.1) is 12.6 Å². The fourth-order valence-electron chi connectivity index (χ4n) is 1.90. The third-order valence-corrected chi connectivity index (χ3v) is 2.93. The summed E-state index contributed by atoms with van der Waals surface area (Å²) < 4.78 is 4.89. The minimum absolute atomic E-state index is 0.00546. The summed E-state index contributed by atoms with van der Waals surface area (Å²) in [6.07, 6.45) is 5.07. The SMILES string of the molecule is CCC/C=C/C(=O)C[C@H](NC(=O)OCC)c1ccccc1. The van der Waals surface area contributed by atoms with Crippen LogP contribution < -0.4 is 5.32 Å². The Labute approximate surface area is 126 Å². The summed E-state index contributed by atoms with van der Waals surface area (Å²) in [4.78, 5) is 23.6. The number of alkyl carbamates (subject to hydrolysis) is 1. The molecule has 0 aliphatic carbocycles. The van der Waals surface area contributed by atoms with Gasteiger partial charge in [0.2, 0.25) is 0 Å². The Bertz CT molecular complexity index is 468. The van der Waals surface area contributed by atoms with Gasteiger partial charge in [-0.25, -0.2) is 4.79 Å². The largest absolute Gasteiger partial charge is 0.450 e. The number of unbranched alkanes of at least 4 members (excludes halogenated alkanes) is 1. The summed E-state index contributed by atoms with van der Waals surface area (Å²) in [5.41, 5.74) is 0.891. The van der Waals surface area contributed by atoms with E-state index in [0.29, 0.717) is 6.61 Å². The van der Waals surface area contributed by atoms with Crippen LogP contribution in [0, 0.1) is 0 Å². The molecule has 1 amide bonds. The maximum absolute atomic E-state index is 12.0. The van der Waals surface area contributed by atoms with Crippen molar-refractivity contribution in [1.82, 2.24) is 5.32 Å². The second-order valence-corrected chi connectivity index (χ2v) is 4.69. The molecule has 0 saturated carbocycles. The molecule has 0 spiro atoms. The van der Waals surface area contributed by atoms with Gasteiger partial charge in [-0.05, 0) is 25.0 Å². The van der Waals surface area contributed by atoms with Crippen molar-refractivity contribution in [2.24, 2.45) is 0 Å². The Kier molecular flexibility index (Phi) is 7.87. The van der Waals surface area contributed by atoms with E-state index in [9.17, 15) is 9.59 Å². The van der Waals surface area contributed by atoms with Crippen molar-refractivity contribution in [3.63, 3.8) is 0 Å². The lowest BCUT2D eigenvalue weighted by atomic mass is 10.0. The number of ether oxygens (including phenoxy) is 1. The summed E-state index contributed by atoms with van der Waals surface area (Å²) in [6, 6.07) is 9.07. The second-order valence-electron chi connectivity index (χ2n) is 4.69. The third-order valence-electron chi connectivity index (χ3n) is 2.93. The first-order chi connectivity index (χ1) is 10.2. The molecule has 4 heteroatoms. The standard InChI is InChI=1S/C17H23NO3/c1-3-5-7-12-15(19)13-16(18-17(20)21-4-2)14-10-8-6-9-11-14/h6-12,16H,3-5,13H2,1-2H3,(H,18,20)/b12-7+/t16-/m0/s1. The number of hydrogen-bond donors (Lipinski definition) is 1. The maximum atomic E-state index is 12.0. The van der Waals surface area contributed by atoms with Crippen molar-refractivity contribution in [3.05, 3.63) is 48.0 Å². The van der Waals surface area contributed by atoms with Crippen LogP contribution in [-0.2, 0) is 9.53 Å². The van der Waals surface area contributed by atoms with Gasteiger partial charge >= 0.3 is 6.09 Å². The van der Waals surface area contributed by atoms with E-state index in [1.807, 2.05) is 36.4 Å². The number of ketones is 1. The molecule has 1 rings (SSSR count). The zero-order valence-electron chi connectivity index (χ0n) is 12.7. The molecule has 0 fully saturated rings. The summed E-state index contributed by atoms with van der Waals surface area (Å²) in [7, 11) is 0.